The van der Waals surface area contributed by atoms with Crippen LogP contribution in [0.1, 0.15) is 30.5 Å². The molecule has 2 N–H and O–H groups in total. The first-order valence-corrected chi connectivity index (χ1v) is 12.7. The Morgan fingerprint density at radius 3 is 2.69 bits per heavy atom. The average Bonchev–Trinajstić information content (AvgIpc) is 3.18. The minimum Gasteiger partial charge on any atom is -0.408 e. The van der Waals surface area contributed by atoms with Crippen molar-refractivity contribution in [3.63, 3.8) is 0 Å². The second-order valence-electron chi connectivity index (χ2n) is 8.42. The maximum atomic E-state index is 15.1. The molecule has 0 amide bonds. The highest BCUT2D eigenvalue weighted by atomic mass is 32.2. The molecule has 1 atom stereocenters. The lowest BCUT2D eigenvalue weighted by Gasteiger charge is -2.18. The molecule has 186 valence electrons. The topological polar surface area (TPSA) is 106 Å². The minimum atomic E-state index is -4.48. The highest BCUT2D eigenvalue weighted by Crippen LogP contribution is 2.29. The van der Waals surface area contributed by atoms with Gasteiger partial charge in [-0.05, 0) is 54.8 Å². The Morgan fingerprint density at radius 1 is 1.14 bits per heavy atom. The summed E-state index contributed by atoms with van der Waals surface area (Å²) in [4.78, 5) is 15.5. The maximum Gasteiger partial charge on any atom is 0.420 e. The number of oxazole rings is 1. The molecule has 11 heteroatoms. The van der Waals surface area contributed by atoms with E-state index in [0.717, 1.165) is 48.8 Å². The van der Waals surface area contributed by atoms with Gasteiger partial charge in [0.1, 0.15) is 16.5 Å². The van der Waals surface area contributed by atoms with Crippen LogP contribution in [0.2, 0.25) is 0 Å². The molecular weight excluding hydrogens is 490 g/mol. The van der Waals surface area contributed by atoms with Crippen molar-refractivity contribution in [1.82, 2.24) is 14.9 Å². The molecule has 3 heterocycles. The van der Waals surface area contributed by atoms with Crippen molar-refractivity contribution < 1.29 is 21.6 Å². The van der Waals surface area contributed by atoms with Crippen molar-refractivity contribution >= 4 is 32.5 Å². The first-order valence-electron chi connectivity index (χ1n) is 11.2. The summed E-state index contributed by atoms with van der Waals surface area (Å²) in [5.41, 5.74) is 3.07. The van der Waals surface area contributed by atoms with Crippen molar-refractivity contribution in [2.75, 3.05) is 17.8 Å². The molecule has 1 aliphatic rings. The summed E-state index contributed by atoms with van der Waals surface area (Å²) < 4.78 is 62.6. The van der Waals surface area contributed by atoms with E-state index in [0.29, 0.717) is 0 Å². The fourth-order valence-corrected chi connectivity index (χ4v) is 5.38. The fraction of sp³-hybridized carbons (Fsp3) is 0.200. The van der Waals surface area contributed by atoms with Crippen molar-refractivity contribution in [3.8, 4) is 0 Å². The summed E-state index contributed by atoms with van der Waals surface area (Å²) in [7, 11) is -4.48. The Kier molecular flexibility index (Phi) is 6.19. The smallest absolute Gasteiger partial charge is 0.408 e. The summed E-state index contributed by atoms with van der Waals surface area (Å²) in [5.74, 6) is -3.06. The molecule has 0 saturated carbocycles. The number of halogens is 2. The molecule has 5 rings (SSSR count). The molecule has 36 heavy (non-hydrogen) atoms. The van der Waals surface area contributed by atoms with E-state index in [-0.39, 0.29) is 16.9 Å². The van der Waals surface area contributed by atoms with Gasteiger partial charge in [-0.1, -0.05) is 30.3 Å². The molecule has 0 saturated heterocycles. The SMILES string of the molecule is C[C@H](c1cccc(C2=CCNCC2)c1)n1c(=O)oc2cc(S(=O)(=O)Nc3cccc(F)n3)c(F)cc21. The van der Waals surface area contributed by atoms with E-state index in [1.54, 1.807) is 6.92 Å². The van der Waals surface area contributed by atoms with Crippen molar-refractivity contribution in [3.05, 3.63) is 94.1 Å². The summed E-state index contributed by atoms with van der Waals surface area (Å²) in [6.07, 6.45) is 3.01. The molecular formula is C25H22F2N4O4S. The zero-order chi connectivity index (χ0) is 25.4. The van der Waals surface area contributed by atoms with Crippen molar-refractivity contribution in [1.29, 1.82) is 0 Å². The van der Waals surface area contributed by atoms with E-state index in [4.69, 9.17) is 4.42 Å². The van der Waals surface area contributed by atoms with E-state index < -0.39 is 38.5 Å². The molecule has 0 spiro atoms. The summed E-state index contributed by atoms with van der Waals surface area (Å²) >= 11 is 0. The van der Waals surface area contributed by atoms with Gasteiger partial charge in [0, 0.05) is 18.7 Å². The van der Waals surface area contributed by atoms with Gasteiger partial charge in [0.05, 0.1) is 11.6 Å². The molecule has 2 aromatic heterocycles. The third kappa shape index (κ3) is 4.54. The normalized spacial score (nSPS) is 15.0. The van der Waals surface area contributed by atoms with E-state index in [1.165, 1.54) is 22.3 Å². The average molecular weight is 513 g/mol. The quantitative estimate of drug-likeness (QED) is 0.378. The van der Waals surface area contributed by atoms with Gasteiger partial charge in [-0.15, -0.1) is 0 Å². The predicted octanol–water partition coefficient (Wildman–Crippen LogP) is 4.05. The second-order valence-corrected chi connectivity index (χ2v) is 10.1. The summed E-state index contributed by atoms with van der Waals surface area (Å²) in [5, 5.41) is 3.27. The lowest BCUT2D eigenvalue weighted by atomic mass is 9.96. The van der Waals surface area contributed by atoms with Crippen LogP contribution in [-0.2, 0) is 10.0 Å². The van der Waals surface area contributed by atoms with Crippen LogP contribution in [0.15, 0.2) is 74.8 Å². The number of aromatic nitrogens is 2. The van der Waals surface area contributed by atoms with Crippen LogP contribution in [-0.4, -0.2) is 31.1 Å². The molecule has 4 aromatic rings. The standard InChI is InChI=1S/C25H22F2N4O4S/c1-15(17-4-2-5-18(12-17)16-8-10-28-11-9-16)31-20-13-19(26)22(14-21(20)35-25(31)32)36(33,34)30-24-7-3-6-23(27)29-24/h2-8,12-15,28H,9-11H2,1H3,(H,29,30)/t15-/m1/s1. The van der Waals surface area contributed by atoms with Crippen LogP contribution >= 0.6 is 0 Å². The number of nitrogens with one attached hydrogen (secondary N) is 2. The highest BCUT2D eigenvalue weighted by Gasteiger charge is 2.25. The minimum absolute atomic E-state index is 0.0990. The van der Waals surface area contributed by atoms with Gasteiger partial charge in [0.2, 0.25) is 5.95 Å². The van der Waals surface area contributed by atoms with Gasteiger partial charge < -0.3 is 9.73 Å². The Bertz CT molecular complexity index is 1660. The zero-order valence-electron chi connectivity index (χ0n) is 19.2. The third-order valence-electron chi connectivity index (χ3n) is 6.10. The molecule has 0 bridgehead atoms. The first kappa shape index (κ1) is 23.9. The zero-order valence-corrected chi connectivity index (χ0v) is 20.0. The predicted molar refractivity (Wildman–Crippen MR) is 131 cm³/mol. The third-order valence-corrected chi connectivity index (χ3v) is 7.47. The molecule has 0 unspecified atom stereocenters. The van der Waals surface area contributed by atoms with Crippen LogP contribution in [0.25, 0.3) is 16.7 Å². The highest BCUT2D eigenvalue weighted by molar-refractivity contribution is 7.92. The number of anilines is 1. The van der Waals surface area contributed by atoms with Crippen LogP contribution in [0.4, 0.5) is 14.6 Å². The maximum absolute atomic E-state index is 15.1. The fourth-order valence-electron chi connectivity index (χ4n) is 4.30. The van der Waals surface area contributed by atoms with Crippen molar-refractivity contribution in [2.45, 2.75) is 24.3 Å². The lowest BCUT2D eigenvalue weighted by molar-refractivity contribution is 0.489. The van der Waals surface area contributed by atoms with Gasteiger partial charge >= 0.3 is 5.76 Å². The monoisotopic (exact) mass is 512 g/mol. The lowest BCUT2D eigenvalue weighted by Crippen LogP contribution is -2.21. The van der Waals surface area contributed by atoms with E-state index >= 15 is 4.39 Å². The van der Waals surface area contributed by atoms with Crippen LogP contribution < -0.4 is 15.8 Å². The number of benzene rings is 2. The molecule has 0 fully saturated rings. The number of sulfonamides is 1. The van der Waals surface area contributed by atoms with Gasteiger partial charge in [0.25, 0.3) is 10.0 Å². The number of nitrogens with zero attached hydrogens (tertiary/aromatic N) is 2. The molecule has 0 aliphatic carbocycles. The van der Waals surface area contributed by atoms with Crippen LogP contribution in [0.5, 0.6) is 0 Å². The Hall–Kier alpha value is -3.83. The Labute approximate surface area is 205 Å². The second kappa shape index (κ2) is 9.32. The Morgan fingerprint density at radius 2 is 1.94 bits per heavy atom. The van der Waals surface area contributed by atoms with Crippen LogP contribution in [0.3, 0.4) is 0 Å². The van der Waals surface area contributed by atoms with E-state index in [1.807, 2.05) is 29.0 Å². The van der Waals surface area contributed by atoms with Gasteiger partial charge in [0.15, 0.2) is 5.58 Å². The largest absolute Gasteiger partial charge is 0.420 e. The van der Waals surface area contributed by atoms with Gasteiger partial charge in [-0.3, -0.25) is 9.29 Å². The van der Waals surface area contributed by atoms with Crippen LogP contribution in [0, 0.1) is 11.8 Å². The molecule has 8 nitrogen and oxygen atoms in total. The first-order chi connectivity index (χ1) is 17.2. The van der Waals surface area contributed by atoms with E-state index in [2.05, 4.69) is 16.4 Å². The number of hydrogen-bond acceptors (Lipinski definition) is 6. The summed E-state index contributed by atoms with van der Waals surface area (Å²) in [6, 6.07) is 12.6. The number of fused-ring (bicyclic) bond motifs is 1. The number of rotatable bonds is 6. The van der Waals surface area contributed by atoms with Crippen molar-refractivity contribution in [2.24, 2.45) is 0 Å². The number of hydrogen-bond donors (Lipinski definition) is 2. The van der Waals surface area contributed by atoms with E-state index in [9.17, 15) is 17.6 Å². The number of pyridine rings is 1. The van der Waals surface area contributed by atoms with Gasteiger partial charge in [-0.25, -0.2) is 22.6 Å². The molecule has 2 aromatic carbocycles. The molecule has 1 aliphatic heterocycles. The molecule has 0 radical (unpaired) electrons. The van der Waals surface area contributed by atoms with Gasteiger partial charge in [-0.2, -0.15) is 4.39 Å². The Balaban J connectivity index is 1.52. The summed E-state index contributed by atoms with van der Waals surface area (Å²) in [6.45, 7) is 3.45.